The Morgan fingerprint density at radius 1 is 0.457 bits per heavy atom. The molecule has 0 saturated heterocycles. The maximum Gasteiger partial charge on any atom is 0.281 e. The van der Waals surface area contributed by atoms with Gasteiger partial charge in [0.2, 0.25) is 0 Å². The number of nitrogens with zero attached hydrogens (tertiary/aromatic N) is 6. The Hall–Kier alpha value is -8.80. The summed E-state index contributed by atoms with van der Waals surface area (Å²) >= 11 is 13.4. The van der Waals surface area contributed by atoms with Crippen molar-refractivity contribution in [2.75, 3.05) is 21.3 Å². The molecule has 12 nitrogen and oxygen atoms in total. The van der Waals surface area contributed by atoms with Crippen molar-refractivity contribution in [3.05, 3.63) is 299 Å². The minimum absolute atomic E-state index is 0.125. The zero-order valence-electron chi connectivity index (χ0n) is 49.5. The lowest BCUT2D eigenvalue weighted by molar-refractivity contribution is 0.0732. The van der Waals surface area contributed by atoms with E-state index in [2.05, 4.69) is 26.1 Å². The van der Waals surface area contributed by atoms with Crippen LogP contribution >= 0.6 is 62.8 Å². The summed E-state index contributed by atoms with van der Waals surface area (Å²) in [6.07, 6.45) is 0. The number of para-hydroxylation sites is 2. The van der Waals surface area contributed by atoms with E-state index in [-0.39, 0.29) is 40.1 Å². The summed E-state index contributed by atoms with van der Waals surface area (Å²) in [5.74, 6) is -5.74. The number of carbonyl (C=O) groups excluding carboxylic acids is 3. The van der Waals surface area contributed by atoms with E-state index in [0.717, 1.165) is 59.9 Å². The molecule has 0 N–H and O–H groups in total. The lowest BCUT2D eigenvalue weighted by Gasteiger charge is -2.23. The lowest BCUT2D eigenvalue weighted by Crippen LogP contribution is -2.28. The summed E-state index contributed by atoms with van der Waals surface area (Å²) in [7, 11) is 4.48. The van der Waals surface area contributed by atoms with Crippen molar-refractivity contribution in [1.82, 2.24) is 15.0 Å². The number of hydrogen-bond acceptors (Lipinski definition) is 12. The first-order chi connectivity index (χ1) is 44.2. The van der Waals surface area contributed by atoms with Crippen molar-refractivity contribution >= 4 is 95.7 Å². The van der Waals surface area contributed by atoms with E-state index >= 15 is 0 Å². The van der Waals surface area contributed by atoms with Crippen LogP contribution in [0.3, 0.4) is 0 Å². The molecule has 0 radical (unpaired) electrons. The molecular weight excluding hydrogens is 1330 g/mol. The number of aryl methyl sites for hydroxylation is 3. The molecular formula is C69H52BrClF6N6O6S3. The Balaban J connectivity index is 0.000000151. The molecule has 3 aliphatic heterocycles. The maximum absolute atomic E-state index is 14.3. The highest BCUT2D eigenvalue weighted by molar-refractivity contribution is 9.10. The Bertz CT molecular complexity index is 4360. The molecule has 9 aromatic rings. The fourth-order valence-electron chi connectivity index (χ4n) is 9.72. The Kier molecular flexibility index (Phi) is 21.0. The molecule has 92 heavy (non-hydrogen) atoms. The minimum atomic E-state index is -1.38. The molecule has 0 bridgehead atoms. The van der Waals surface area contributed by atoms with E-state index < -0.39 is 45.5 Å². The van der Waals surface area contributed by atoms with Gasteiger partial charge >= 0.3 is 0 Å². The van der Waals surface area contributed by atoms with Crippen LogP contribution in [0.5, 0.6) is 17.2 Å². The van der Waals surface area contributed by atoms with E-state index in [4.69, 9.17) is 30.9 Å². The number of halogens is 8. The number of hydrazone groups is 3. The molecule has 0 fully saturated rings. The molecule has 3 atom stereocenters. The highest BCUT2D eigenvalue weighted by Gasteiger charge is 2.41. The topological polar surface area (TPSA) is 126 Å². The van der Waals surface area contributed by atoms with Crippen LogP contribution in [0.1, 0.15) is 97.3 Å². The van der Waals surface area contributed by atoms with Crippen molar-refractivity contribution in [2.24, 2.45) is 15.3 Å². The van der Waals surface area contributed by atoms with E-state index in [1.807, 2.05) is 105 Å². The summed E-state index contributed by atoms with van der Waals surface area (Å²) in [6, 6.07) is 50.6. The molecule has 9 aromatic carbocycles. The Morgan fingerprint density at radius 2 is 0.967 bits per heavy atom. The predicted molar refractivity (Wildman–Crippen MR) is 353 cm³/mol. The van der Waals surface area contributed by atoms with E-state index in [1.165, 1.54) is 72.4 Å². The smallest absolute Gasteiger partial charge is 0.281 e. The fourth-order valence-corrected chi connectivity index (χ4v) is 13.7. The number of thioether (sulfide) groups is 3. The third-order valence-electron chi connectivity index (χ3n) is 14.4. The third kappa shape index (κ3) is 14.6. The number of carbonyl (C=O) groups is 3. The van der Waals surface area contributed by atoms with Gasteiger partial charge in [-0.1, -0.05) is 148 Å². The van der Waals surface area contributed by atoms with Gasteiger partial charge in [-0.3, -0.25) is 14.4 Å². The van der Waals surface area contributed by atoms with Gasteiger partial charge in [0.05, 0.1) is 21.3 Å². The standard InChI is InChI=1S/C24H21BrN2O2S.C23H18F2N2O2S.C22H13ClF4N2O2S/c1-15-8-13-20(21(14-15)29-3)24-27(23(28)19-7-5-4-6-16(19)2)26-22(30-24)17-9-11-18(25)12-10-17;1-14-13-16(9-12-19(14)25)22(28)27-23(18-5-3-4-6-20(18)29-2)30-21(26-27)15-7-10-17(24)11-8-15;1-31-19-14(3-2-4-15(19)25)22-29(21(30)18-16(26)9-13(24)10-17(18)27)28-20(32-22)11-5-7-12(23)8-6-11/h4-14,24H,1-3H3;3-13,23H,1-2H3;2-10,22H,1H3. The van der Waals surface area contributed by atoms with Gasteiger partial charge in [-0.2, -0.15) is 15.3 Å². The molecule has 468 valence electrons. The van der Waals surface area contributed by atoms with Gasteiger partial charge in [0.15, 0.2) is 11.6 Å². The van der Waals surface area contributed by atoms with Crippen molar-refractivity contribution in [1.29, 1.82) is 0 Å². The zero-order chi connectivity index (χ0) is 65.5. The number of methoxy groups -OCH3 is 3. The van der Waals surface area contributed by atoms with Crippen LogP contribution in [0, 0.1) is 55.7 Å². The summed E-state index contributed by atoms with van der Waals surface area (Å²) in [5.41, 5.74) is 6.58. The van der Waals surface area contributed by atoms with Crippen molar-refractivity contribution < 1.29 is 54.9 Å². The van der Waals surface area contributed by atoms with Crippen molar-refractivity contribution in [3.8, 4) is 17.2 Å². The van der Waals surface area contributed by atoms with E-state index in [9.17, 15) is 40.7 Å². The van der Waals surface area contributed by atoms with Gasteiger partial charge in [-0.05, 0) is 128 Å². The van der Waals surface area contributed by atoms with Crippen LogP contribution in [-0.4, -0.2) is 69.2 Å². The van der Waals surface area contributed by atoms with Crippen molar-refractivity contribution in [3.63, 3.8) is 0 Å². The van der Waals surface area contributed by atoms with Gasteiger partial charge in [-0.15, -0.1) is 0 Å². The second-order valence-corrected chi connectivity index (χ2v) is 25.0. The van der Waals surface area contributed by atoms with Crippen LogP contribution < -0.4 is 14.2 Å². The summed E-state index contributed by atoms with van der Waals surface area (Å²) in [5, 5.41) is 17.7. The average molecular weight is 1390 g/mol. The number of rotatable bonds is 12. The second kappa shape index (κ2) is 29.2. The average Bonchev–Trinajstić information content (AvgIpc) is 1.69. The number of amides is 3. The molecule has 23 heteroatoms. The lowest BCUT2D eigenvalue weighted by atomic mass is 10.1. The number of benzene rings is 9. The van der Waals surface area contributed by atoms with Gasteiger partial charge in [-0.25, -0.2) is 41.4 Å². The molecule has 3 heterocycles. The van der Waals surface area contributed by atoms with Crippen LogP contribution in [0.25, 0.3) is 0 Å². The zero-order valence-corrected chi connectivity index (χ0v) is 54.3. The molecule has 0 aromatic heterocycles. The Morgan fingerprint density at radius 3 is 1.54 bits per heavy atom. The second-order valence-electron chi connectivity index (χ2n) is 20.5. The first-order valence-corrected chi connectivity index (χ1v) is 31.7. The van der Waals surface area contributed by atoms with Crippen LogP contribution in [0.15, 0.2) is 208 Å². The molecule has 3 amide bonds. The predicted octanol–water partition coefficient (Wildman–Crippen LogP) is 18.0. The maximum atomic E-state index is 14.3. The molecule has 0 aliphatic carbocycles. The van der Waals surface area contributed by atoms with Gasteiger partial charge in [0, 0.05) is 66.1 Å². The van der Waals surface area contributed by atoms with Gasteiger partial charge < -0.3 is 14.2 Å². The van der Waals surface area contributed by atoms with Crippen LogP contribution in [-0.2, 0) is 0 Å². The number of hydrogen-bond donors (Lipinski definition) is 0. The molecule has 3 unspecified atom stereocenters. The minimum Gasteiger partial charge on any atom is -0.496 e. The largest absolute Gasteiger partial charge is 0.496 e. The number of ether oxygens (including phenoxy) is 3. The molecule has 0 spiro atoms. The van der Waals surface area contributed by atoms with E-state index in [0.29, 0.717) is 60.8 Å². The summed E-state index contributed by atoms with van der Waals surface area (Å²) < 4.78 is 101. The SMILES string of the molecule is COc1c(F)cccc1C1SC(c2ccc(Cl)cc2)=NN1C(=O)c1c(F)cc(F)cc1F.COc1cc(C)ccc1C1SC(c2ccc(Br)cc2)=NN1C(=O)c1ccccc1C.COc1ccccc1C1SC(c2ccc(F)cc2)=NN1C(=O)c1ccc(F)c(C)c1. The molecule has 12 rings (SSSR count). The van der Waals surface area contributed by atoms with Crippen LogP contribution in [0.4, 0.5) is 26.3 Å². The summed E-state index contributed by atoms with van der Waals surface area (Å²) in [4.78, 5) is 40.0. The Labute approximate surface area is 552 Å². The highest BCUT2D eigenvalue weighted by Crippen LogP contribution is 2.49. The molecule has 0 saturated carbocycles. The highest BCUT2D eigenvalue weighted by atomic mass is 79.9. The quantitative estimate of drug-likeness (QED) is 0.110. The molecule has 3 aliphatic rings. The van der Waals surface area contributed by atoms with E-state index in [1.54, 1.807) is 74.3 Å². The van der Waals surface area contributed by atoms with Gasteiger partial charge in [0.25, 0.3) is 17.7 Å². The monoisotopic (exact) mass is 1380 g/mol. The normalized spacial score (nSPS) is 15.7. The van der Waals surface area contributed by atoms with Crippen molar-refractivity contribution in [2.45, 2.75) is 36.9 Å². The first kappa shape index (κ1) is 66.1. The first-order valence-electron chi connectivity index (χ1n) is 27.9. The van der Waals surface area contributed by atoms with Crippen LogP contribution in [0.2, 0.25) is 5.02 Å². The third-order valence-corrected chi connectivity index (χ3v) is 18.8. The summed E-state index contributed by atoms with van der Waals surface area (Å²) in [6.45, 7) is 5.57. The fraction of sp³-hybridized carbons (Fsp3) is 0.130. The van der Waals surface area contributed by atoms with Gasteiger partial charge in [0.1, 0.15) is 77.4 Å².